The Hall–Kier alpha value is -2.15. The minimum atomic E-state index is -0.872. The number of nitrogens with zero attached hydrogens (tertiary/aromatic N) is 1. The molecule has 0 saturated carbocycles. The highest BCUT2D eigenvalue weighted by Crippen LogP contribution is 2.19. The summed E-state index contributed by atoms with van der Waals surface area (Å²) >= 11 is 0. The van der Waals surface area contributed by atoms with E-state index < -0.39 is 12.0 Å². The van der Waals surface area contributed by atoms with Crippen molar-refractivity contribution in [1.82, 2.24) is 10.2 Å². The Kier molecular flexibility index (Phi) is 39.5. The molecule has 0 aromatic carbocycles. The van der Waals surface area contributed by atoms with Crippen molar-refractivity contribution in [2.75, 3.05) is 20.6 Å². The number of amides is 1. The van der Waals surface area contributed by atoms with E-state index >= 15 is 0 Å². The third-order valence-electron chi connectivity index (χ3n) is 10.7. The van der Waals surface area contributed by atoms with Gasteiger partial charge >= 0.3 is 11.9 Å². The van der Waals surface area contributed by atoms with Crippen LogP contribution in [0.1, 0.15) is 233 Å². The summed E-state index contributed by atoms with van der Waals surface area (Å²) < 4.78 is 12.3. The molecule has 0 aliphatic rings. The first-order valence-corrected chi connectivity index (χ1v) is 23.9. The molecule has 0 aliphatic carbocycles. The fraction of sp³-hybridized carbons (Fsp3) is 0.857. The van der Waals surface area contributed by atoms with E-state index in [2.05, 4.69) is 57.3 Å². The van der Waals surface area contributed by atoms with E-state index in [0.29, 0.717) is 12.8 Å². The van der Waals surface area contributed by atoms with Crippen LogP contribution in [0.25, 0.3) is 0 Å². The van der Waals surface area contributed by atoms with Crippen molar-refractivity contribution in [3.63, 3.8) is 0 Å². The summed E-state index contributed by atoms with van der Waals surface area (Å²) in [5, 5.41) is 2.96. The largest absolute Gasteiger partial charge is 0.462 e. The van der Waals surface area contributed by atoms with E-state index in [1.165, 1.54) is 103 Å². The average Bonchev–Trinajstić information content (AvgIpc) is 3.17. The maximum atomic E-state index is 13.8. The van der Waals surface area contributed by atoms with Crippen molar-refractivity contribution in [2.45, 2.75) is 251 Å². The molecule has 0 spiro atoms. The molecule has 0 heterocycles. The van der Waals surface area contributed by atoms with Crippen LogP contribution in [0.5, 0.6) is 0 Å². The molecule has 0 aromatic rings. The highest BCUT2D eigenvalue weighted by Gasteiger charge is 2.27. The summed E-state index contributed by atoms with van der Waals surface area (Å²) in [4.78, 5) is 42.3. The second-order valence-electron chi connectivity index (χ2n) is 16.6. The Labute approximate surface area is 347 Å². The number of hydrogen-bond acceptors (Lipinski definition) is 6. The molecule has 0 bridgehead atoms. The molecular weight excluding hydrogens is 697 g/mol. The quantitative estimate of drug-likeness (QED) is 0.0377. The smallest absolute Gasteiger partial charge is 0.328 e. The number of ether oxygens (including phenoxy) is 2. The lowest BCUT2D eigenvalue weighted by Gasteiger charge is -2.23. The van der Waals surface area contributed by atoms with Gasteiger partial charge in [-0.1, -0.05) is 155 Å². The van der Waals surface area contributed by atoms with Gasteiger partial charge in [0.15, 0.2) is 0 Å². The molecule has 7 nitrogen and oxygen atoms in total. The fourth-order valence-corrected chi connectivity index (χ4v) is 7.07. The Bertz CT molecular complexity index is 964. The Balaban J connectivity index is 5.59. The molecule has 0 radical (unpaired) electrons. The van der Waals surface area contributed by atoms with Gasteiger partial charge in [-0.25, -0.2) is 4.79 Å². The van der Waals surface area contributed by atoms with Crippen molar-refractivity contribution in [2.24, 2.45) is 0 Å². The highest BCUT2D eigenvalue weighted by molar-refractivity contribution is 5.85. The lowest BCUT2D eigenvalue weighted by Crippen LogP contribution is -2.43. The van der Waals surface area contributed by atoms with Crippen LogP contribution < -0.4 is 5.32 Å². The van der Waals surface area contributed by atoms with Crippen molar-refractivity contribution in [3.05, 3.63) is 24.3 Å². The fourth-order valence-electron chi connectivity index (χ4n) is 7.07. The number of unbranched alkanes of at least 4 members (excludes halogenated alkanes) is 18. The third-order valence-corrected chi connectivity index (χ3v) is 10.7. The molecule has 0 rings (SSSR count). The standard InChI is InChI=1S/C49H92N2O5/c1-7-11-15-19-23-27-31-36-44(37-32-28-24-20-16-12-8-2)55-48(53)42-41-46(50-47(52)40-35-43-51(5)6)49(54)56-45(38-33-29-25-21-17-13-9-3)39-34-30-26-22-18-14-10-4/h23,25,27,29,44-46H,7-22,24,26,28,30-43H2,1-6H3,(H,50,52)/b27-23-,29-25-/t44?,45?,46-/m0/s1. The first kappa shape index (κ1) is 53.9. The van der Waals surface area contributed by atoms with E-state index in [0.717, 1.165) is 83.6 Å². The molecule has 1 amide bonds. The molecule has 3 atom stereocenters. The minimum Gasteiger partial charge on any atom is -0.462 e. The predicted octanol–water partition coefficient (Wildman–Crippen LogP) is 13.5. The Morgan fingerprint density at radius 3 is 1.39 bits per heavy atom. The van der Waals surface area contributed by atoms with Crippen LogP contribution in [-0.2, 0) is 23.9 Å². The normalized spacial score (nSPS) is 13.4. The topological polar surface area (TPSA) is 84.9 Å². The summed E-state index contributed by atoms with van der Waals surface area (Å²) in [6.07, 6.45) is 41.5. The van der Waals surface area contributed by atoms with Crippen LogP contribution >= 0.6 is 0 Å². The summed E-state index contributed by atoms with van der Waals surface area (Å²) in [5.74, 6) is -0.896. The van der Waals surface area contributed by atoms with Gasteiger partial charge < -0.3 is 19.7 Å². The van der Waals surface area contributed by atoms with E-state index in [-0.39, 0.29) is 36.9 Å². The van der Waals surface area contributed by atoms with Crippen LogP contribution in [0.2, 0.25) is 0 Å². The molecule has 328 valence electrons. The molecule has 56 heavy (non-hydrogen) atoms. The van der Waals surface area contributed by atoms with Gasteiger partial charge in [0.25, 0.3) is 0 Å². The van der Waals surface area contributed by atoms with E-state index in [9.17, 15) is 14.4 Å². The molecule has 0 aliphatic heterocycles. The van der Waals surface area contributed by atoms with Gasteiger partial charge in [-0.3, -0.25) is 9.59 Å². The van der Waals surface area contributed by atoms with Crippen LogP contribution in [-0.4, -0.2) is 61.6 Å². The zero-order chi connectivity index (χ0) is 41.3. The summed E-state index contributed by atoms with van der Waals surface area (Å²) in [7, 11) is 3.97. The SMILES string of the molecule is CCCCC/C=C\CCC(CCCCCCCCC)OC(=O)CC[C@H](NC(=O)CCCN(C)C)C(=O)OC(CC/C=C\CCCCC)CCCCCCCCC. The van der Waals surface area contributed by atoms with Crippen LogP contribution in [0.3, 0.4) is 0 Å². The van der Waals surface area contributed by atoms with Gasteiger partial charge in [0.1, 0.15) is 18.2 Å². The van der Waals surface area contributed by atoms with E-state index in [1.54, 1.807) is 0 Å². The minimum absolute atomic E-state index is 0.0705. The predicted molar refractivity (Wildman–Crippen MR) is 239 cm³/mol. The lowest BCUT2D eigenvalue weighted by molar-refractivity contribution is -0.155. The van der Waals surface area contributed by atoms with Gasteiger partial charge in [0, 0.05) is 12.8 Å². The number of nitrogens with one attached hydrogen (secondary N) is 1. The summed E-state index contributed by atoms with van der Waals surface area (Å²) in [6.45, 7) is 9.72. The van der Waals surface area contributed by atoms with E-state index in [4.69, 9.17) is 9.47 Å². The molecule has 0 saturated heterocycles. The first-order chi connectivity index (χ1) is 27.3. The molecule has 1 N–H and O–H groups in total. The van der Waals surface area contributed by atoms with Crippen molar-refractivity contribution < 1.29 is 23.9 Å². The van der Waals surface area contributed by atoms with Crippen LogP contribution in [0.4, 0.5) is 0 Å². The van der Waals surface area contributed by atoms with Crippen molar-refractivity contribution in [1.29, 1.82) is 0 Å². The molecule has 0 aromatic heterocycles. The number of allylic oxidation sites excluding steroid dienone is 4. The highest BCUT2D eigenvalue weighted by atomic mass is 16.5. The number of carbonyl (C=O) groups excluding carboxylic acids is 3. The van der Waals surface area contributed by atoms with Gasteiger partial charge in [0.2, 0.25) is 5.91 Å². The lowest BCUT2D eigenvalue weighted by atomic mass is 10.0. The Morgan fingerprint density at radius 2 is 0.911 bits per heavy atom. The number of hydrogen-bond donors (Lipinski definition) is 1. The van der Waals surface area contributed by atoms with Gasteiger partial charge in [-0.15, -0.1) is 0 Å². The second kappa shape index (κ2) is 41.0. The first-order valence-electron chi connectivity index (χ1n) is 23.9. The average molecular weight is 789 g/mol. The summed E-state index contributed by atoms with van der Waals surface area (Å²) in [5.41, 5.74) is 0. The van der Waals surface area contributed by atoms with Crippen molar-refractivity contribution >= 4 is 17.8 Å². The number of carbonyl (C=O) groups is 3. The number of rotatable bonds is 41. The summed E-state index contributed by atoms with van der Waals surface area (Å²) in [6, 6.07) is -0.872. The maximum absolute atomic E-state index is 13.8. The zero-order valence-corrected chi connectivity index (χ0v) is 37.9. The molecule has 0 fully saturated rings. The molecular formula is C49H92N2O5. The number of esters is 2. The zero-order valence-electron chi connectivity index (χ0n) is 37.9. The van der Waals surface area contributed by atoms with Crippen LogP contribution in [0.15, 0.2) is 24.3 Å². The van der Waals surface area contributed by atoms with Gasteiger partial charge in [0.05, 0.1) is 0 Å². The molecule has 2 unspecified atom stereocenters. The van der Waals surface area contributed by atoms with Crippen LogP contribution in [0, 0.1) is 0 Å². The second-order valence-corrected chi connectivity index (χ2v) is 16.6. The monoisotopic (exact) mass is 789 g/mol. The van der Waals surface area contributed by atoms with Crippen molar-refractivity contribution in [3.8, 4) is 0 Å². The Morgan fingerprint density at radius 1 is 0.482 bits per heavy atom. The van der Waals surface area contributed by atoms with Gasteiger partial charge in [-0.2, -0.15) is 0 Å². The van der Waals surface area contributed by atoms with Gasteiger partial charge in [-0.05, 0) is 111 Å². The molecule has 7 heteroatoms. The third kappa shape index (κ3) is 36.2. The maximum Gasteiger partial charge on any atom is 0.328 e. The van der Waals surface area contributed by atoms with E-state index in [1.807, 2.05) is 19.0 Å².